The van der Waals surface area contributed by atoms with Crippen molar-refractivity contribution in [2.75, 3.05) is 20.3 Å². The predicted molar refractivity (Wildman–Crippen MR) is 91.3 cm³/mol. The van der Waals surface area contributed by atoms with E-state index in [1.165, 1.54) is 0 Å². The fourth-order valence-electron chi connectivity index (χ4n) is 2.94. The molecule has 0 fully saturated rings. The summed E-state index contributed by atoms with van der Waals surface area (Å²) >= 11 is 0. The summed E-state index contributed by atoms with van der Waals surface area (Å²) in [7, 11) is 1.56. The fourth-order valence-corrected chi connectivity index (χ4v) is 2.94. The molecule has 25 heavy (non-hydrogen) atoms. The van der Waals surface area contributed by atoms with Crippen LogP contribution in [0.3, 0.4) is 0 Å². The van der Waals surface area contributed by atoms with Gasteiger partial charge in [-0.25, -0.2) is 9.78 Å². The van der Waals surface area contributed by atoms with Gasteiger partial charge in [0.25, 0.3) is 5.91 Å². The van der Waals surface area contributed by atoms with E-state index in [2.05, 4.69) is 10.3 Å². The SMILES string of the molecule is CCOC(=O)c1ncn2c1CCCCNC(=O)c1cc(OC)ccc1-2. The molecule has 0 unspecified atom stereocenters. The summed E-state index contributed by atoms with van der Waals surface area (Å²) in [5.74, 6) is -0.0146. The Morgan fingerprint density at radius 2 is 2.20 bits per heavy atom. The monoisotopic (exact) mass is 343 g/mol. The van der Waals surface area contributed by atoms with E-state index in [0.717, 1.165) is 18.5 Å². The van der Waals surface area contributed by atoms with Crippen molar-refractivity contribution in [3.8, 4) is 11.4 Å². The van der Waals surface area contributed by atoms with Crippen LogP contribution in [0.5, 0.6) is 5.75 Å². The molecule has 1 aromatic heterocycles. The van der Waals surface area contributed by atoms with Crippen LogP contribution in [0.2, 0.25) is 0 Å². The average Bonchev–Trinajstić information content (AvgIpc) is 3.04. The van der Waals surface area contributed by atoms with E-state index in [1.54, 1.807) is 43.1 Å². The first-order valence-electron chi connectivity index (χ1n) is 8.35. The molecule has 1 aliphatic heterocycles. The van der Waals surface area contributed by atoms with Gasteiger partial charge < -0.3 is 19.4 Å². The van der Waals surface area contributed by atoms with Crippen molar-refractivity contribution >= 4 is 11.9 Å². The van der Waals surface area contributed by atoms with Gasteiger partial charge in [-0.05, 0) is 44.4 Å². The normalized spacial score (nSPS) is 14.1. The molecular weight excluding hydrogens is 322 g/mol. The lowest BCUT2D eigenvalue weighted by Crippen LogP contribution is -2.27. The van der Waals surface area contributed by atoms with Gasteiger partial charge in [0.1, 0.15) is 12.1 Å². The van der Waals surface area contributed by atoms with Crippen molar-refractivity contribution in [2.45, 2.75) is 26.2 Å². The van der Waals surface area contributed by atoms with Crippen LogP contribution >= 0.6 is 0 Å². The van der Waals surface area contributed by atoms with E-state index >= 15 is 0 Å². The molecule has 0 bridgehead atoms. The van der Waals surface area contributed by atoms with Crippen LogP contribution in [0.1, 0.15) is 46.3 Å². The van der Waals surface area contributed by atoms with E-state index in [4.69, 9.17) is 9.47 Å². The molecule has 3 rings (SSSR count). The third-order valence-corrected chi connectivity index (χ3v) is 4.17. The molecule has 0 radical (unpaired) electrons. The van der Waals surface area contributed by atoms with E-state index in [1.807, 2.05) is 0 Å². The summed E-state index contributed by atoms with van der Waals surface area (Å²) in [6.07, 6.45) is 3.90. The molecule has 2 aromatic rings. The second-order valence-corrected chi connectivity index (χ2v) is 5.73. The van der Waals surface area contributed by atoms with Crippen LogP contribution in [0.15, 0.2) is 24.5 Å². The highest BCUT2D eigenvalue weighted by molar-refractivity contribution is 5.98. The number of aromatic nitrogens is 2. The third kappa shape index (κ3) is 3.35. The molecule has 0 spiro atoms. The minimum absolute atomic E-state index is 0.173. The first-order valence-corrected chi connectivity index (χ1v) is 8.35. The lowest BCUT2D eigenvalue weighted by molar-refractivity contribution is 0.0518. The highest BCUT2D eigenvalue weighted by Gasteiger charge is 2.23. The number of ether oxygens (including phenoxy) is 2. The molecule has 0 atom stereocenters. The number of carbonyl (C=O) groups excluding carboxylic acids is 2. The van der Waals surface area contributed by atoms with Crippen LogP contribution in [-0.4, -0.2) is 41.7 Å². The molecule has 0 saturated carbocycles. The number of hydrogen-bond acceptors (Lipinski definition) is 5. The predicted octanol–water partition coefficient (Wildman–Crippen LogP) is 2.12. The molecule has 1 amide bonds. The van der Waals surface area contributed by atoms with Gasteiger partial charge >= 0.3 is 5.97 Å². The Balaban J connectivity index is 2.15. The molecule has 7 heteroatoms. The third-order valence-electron chi connectivity index (χ3n) is 4.17. The largest absolute Gasteiger partial charge is 0.497 e. The number of fused-ring (bicyclic) bond motifs is 3. The summed E-state index contributed by atoms with van der Waals surface area (Å²) in [4.78, 5) is 29.0. The second-order valence-electron chi connectivity index (χ2n) is 5.73. The number of amides is 1. The minimum Gasteiger partial charge on any atom is -0.497 e. The number of carbonyl (C=O) groups is 2. The van der Waals surface area contributed by atoms with Crippen molar-refractivity contribution < 1.29 is 19.1 Å². The van der Waals surface area contributed by atoms with Gasteiger partial charge in [0.15, 0.2) is 5.69 Å². The van der Waals surface area contributed by atoms with Crippen molar-refractivity contribution in [3.63, 3.8) is 0 Å². The standard InChI is InChI=1S/C18H21N3O4/c1-3-25-18(23)16-15-6-4-5-9-19-17(22)13-10-12(24-2)7-8-14(13)21(15)11-20-16/h7-8,10-11H,3-6,9H2,1-2H3,(H,19,22). The molecule has 0 saturated heterocycles. The van der Waals surface area contributed by atoms with Gasteiger partial charge in [0.2, 0.25) is 0 Å². The number of methoxy groups -OCH3 is 1. The first-order chi connectivity index (χ1) is 12.2. The highest BCUT2D eigenvalue weighted by atomic mass is 16.5. The Hall–Kier alpha value is -2.83. The molecule has 1 aromatic carbocycles. The zero-order chi connectivity index (χ0) is 17.8. The van der Waals surface area contributed by atoms with E-state index < -0.39 is 5.97 Å². The number of esters is 1. The fraction of sp³-hybridized carbons (Fsp3) is 0.389. The summed E-state index contributed by atoms with van der Waals surface area (Å²) in [5, 5.41) is 2.92. The topological polar surface area (TPSA) is 82.5 Å². The lowest BCUT2D eigenvalue weighted by Gasteiger charge is -2.17. The number of imidazole rings is 1. The van der Waals surface area contributed by atoms with E-state index in [-0.39, 0.29) is 5.91 Å². The Kier molecular flexibility index (Phi) is 5.02. The van der Waals surface area contributed by atoms with Gasteiger partial charge in [0.05, 0.1) is 30.7 Å². The minimum atomic E-state index is -0.437. The summed E-state index contributed by atoms with van der Waals surface area (Å²) in [6, 6.07) is 5.28. The van der Waals surface area contributed by atoms with Crippen molar-refractivity contribution in [1.29, 1.82) is 0 Å². The Bertz CT molecular complexity index is 798. The number of nitrogens with zero attached hydrogens (tertiary/aromatic N) is 2. The van der Waals surface area contributed by atoms with E-state index in [9.17, 15) is 9.59 Å². The highest BCUT2D eigenvalue weighted by Crippen LogP contribution is 2.25. The molecule has 132 valence electrons. The van der Waals surface area contributed by atoms with Crippen LogP contribution in [-0.2, 0) is 11.2 Å². The molecule has 1 N–H and O–H groups in total. The van der Waals surface area contributed by atoms with E-state index in [0.29, 0.717) is 42.3 Å². The van der Waals surface area contributed by atoms with Gasteiger partial charge in [-0.15, -0.1) is 0 Å². The van der Waals surface area contributed by atoms with Gasteiger partial charge in [-0.2, -0.15) is 0 Å². The molecule has 2 heterocycles. The van der Waals surface area contributed by atoms with Crippen molar-refractivity contribution in [1.82, 2.24) is 14.9 Å². The number of rotatable bonds is 3. The van der Waals surface area contributed by atoms with Crippen LogP contribution in [0.25, 0.3) is 5.69 Å². The Labute approximate surface area is 146 Å². The summed E-state index contributed by atoms with van der Waals surface area (Å²) in [6.45, 7) is 2.64. The van der Waals surface area contributed by atoms with Crippen LogP contribution in [0.4, 0.5) is 0 Å². The maximum Gasteiger partial charge on any atom is 0.358 e. The van der Waals surface area contributed by atoms with Crippen molar-refractivity contribution in [3.05, 3.63) is 41.5 Å². The van der Waals surface area contributed by atoms with Crippen molar-refractivity contribution in [2.24, 2.45) is 0 Å². The van der Waals surface area contributed by atoms with Crippen LogP contribution in [0, 0.1) is 0 Å². The Morgan fingerprint density at radius 1 is 1.36 bits per heavy atom. The van der Waals surface area contributed by atoms with Gasteiger partial charge in [-0.3, -0.25) is 4.79 Å². The second kappa shape index (κ2) is 7.38. The number of hydrogen-bond donors (Lipinski definition) is 1. The quantitative estimate of drug-likeness (QED) is 0.863. The molecule has 0 aliphatic carbocycles. The molecule has 7 nitrogen and oxygen atoms in total. The zero-order valence-electron chi connectivity index (χ0n) is 14.4. The zero-order valence-corrected chi connectivity index (χ0v) is 14.4. The number of nitrogens with one attached hydrogen (secondary N) is 1. The maximum absolute atomic E-state index is 12.6. The van der Waals surface area contributed by atoms with Crippen LogP contribution < -0.4 is 10.1 Å². The first kappa shape index (κ1) is 17.0. The molecule has 1 aliphatic rings. The van der Waals surface area contributed by atoms with Gasteiger partial charge in [0, 0.05) is 6.54 Å². The maximum atomic E-state index is 12.6. The summed E-state index contributed by atoms with van der Waals surface area (Å²) < 4.78 is 12.2. The summed E-state index contributed by atoms with van der Waals surface area (Å²) in [5.41, 5.74) is 2.22. The lowest BCUT2D eigenvalue weighted by atomic mass is 10.1. The Morgan fingerprint density at radius 3 is 2.96 bits per heavy atom. The molecular formula is C18H21N3O4. The smallest absolute Gasteiger partial charge is 0.358 e. The average molecular weight is 343 g/mol. The van der Waals surface area contributed by atoms with Gasteiger partial charge in [-0.1, -0.05) is 0 Å². The number of benzene rings is 1.